The lowest BCUT2D eigenvalue weighted by Gasteiger charge is -2.19. The molecular formula is C22H21N3O3S. The molecule has 0 spiro atoms. The van der Waals surface area contributed by atoms with Crippen molar-refractivity contribution >= 4 is 29.0 Å². The second-order valence-corrected chi connectivity index (χ2v) is 8.89. The van der Waals surface area contributed by atoms with Gasteiger partial charge in [0.1, 0.15) is 5.60 Å². The molecular weight excluding hydrogens is 386 g/mol. The highest BCUT2D eigenvalue weighted by molar-refractivity contribution is 7.18. The zero-order valence-corrected chi connectivity index (χ0v) is 17.2. The van der Waals surface area contributed by atoms with Gasteiger partial charge in [-0.2, -0.15) is 0 Å². The third kappa shape index (κ3) is 4.30. The first-order chi connectivity index (χ1) is 13.8. The third-order valence-corrected chi connectivity index (χ3v) is 5.54. The molecule has 2 amide bonds. The van der Waals surface area contributed by atoms with Crippen molar-refractivity contribution in [1.29, 1.82) is 0 Å². The topological polar surface area (TPSA) is 80.3 Å². The zero-order chi connectivity index (χ0) is 20.6. The van der Waals surface area contributed by atoms with Gasteiger partial charge in [0, 0.05) is 33.6 Å². The van der Waals surface area contributed by atoms with Gasteiger partial charge in [-0.1, -0.05) is 12.1 Å². The molecule has 0 saturated carbocycles. The first-order valence-electron chi connectivity index (χ1n) is 9.25. The molecule has 1 aromatic carbocycles. The maximum atomic E-state index is 12.0. The molecule has 0 radical (unpaired) electrons. The minimum atomic E-state index is -0.565. The molecule has 4 rings (SSSR count). The monoisotopic (exact) mass is 407 g/mol. The number of anilines is 1. The Balaban J connectivity index is 1.55. The van der Waals surface area contributed by atoms with Gasteiger partial charge in [0.05, 0.1) is 11.9 Å². The van der Waals surface area contributed by atoms with Crippen molar-refractivity contribution in [3.63, 3.8) is 0 Å². The number of nitrogens with one attached hydrogen (secondary N) is 2. The smallest absolute Gasteiger partial charge is 0.412 e. The van der Waals surface area contributed by atoms with Crippen LogP contribution in [-0.2, 0) is 11.3 Å². The van der Waals surface area contributed by atoms with Gasteiger partial charge >= 0.3 is 6.09 Å². The van der Waals surface area contributed by atoms with Gasteiger partial charge in [-0.15, -0.1) is 11.3 Å². The molecule has 1 aliphatic heterocycles. The molecule has 0 bridgehead atoms. The maximum Gasteiger partial charge on any atom is 0.412 e. The number of hydrogen-bond donors (Lipinski definition) is 2. The highest BCUT2D eigenvalue weighted by Crippen LogP contribution is 2.36. The standard InChI is InChI=1S/C22H21N3O3S/c1-22(2,3)28-21(27)25-16-8-15(10-23-12-16)19-7-6-18(29-19)13-4-5-14-11-24-20(26)17(14)9-13/h4-10,12H,11H2,1-3H3,(H,24,26)(H,25,27). The summed E-state index contributed by atoms with van der Waals surface area (Å²) in [5, 5.41) is 5.56. The molecule has 148 valence electrons. The Morgan fingerprint density at radius 2 is 1.86 bits per heavy atom. The number of thiophene rings is 1. The van der Waals surface area contributed by atoms with E-state index in [9.17, 15) is 9.59 Å². The van der Waals surface area contributed by atoms with Crippen molar-refractivity contribution in [2.45, 2.75) is 32.9 Å². The number of rotatable bonds is 3. The number of aromatic nitrogens is 1. The summed E-state index contributed by atoms with van der Waals surface area (Å²) in [5.74, 6) is -0.0243. The lowest BCUT2D eigenvalue weighted by atomic mass is 10.1. The summed E-state index contributed by atoms with van der Waals surface area (Å²) in [6.45, 7) is 6.04. The molecule has 0 saturated heterocycles. The fraction of sp³-hybridized carbons (Fsp3) is 0.227. The molecule has 7 heteroatoms. The number of ether oxygens (including phenoxy) is 1. The average Bonchev–Trinajstić information content (AvgIpc) is 3.28. The Labute approximate surface area is 172 Å². The SMILES string of the molecule is CC(C)(C)OC(=O)Nc1cncc(-c2ccc(-c3ccc4c(c3)C(=O)NC4)s2)c1. The first kappa shape index (κ1) is 19.1. The Kier molecular flexibility index (Phi) is 4.84. The number of pyridine rings is 1. The van der Waals surface area contributed by atoms with Crippen LogP contribution in [0.1, 0.15) is 36.7 Å². The molecule has 6 nitrogen and oxygen atoms in total. The first-order valence-corrected chi connectivity index (χ1v) is 10.1. The fourth-order valence-electron chi connectivity index (χ4n) is 3.08. The van der Waals surface area contributed by atoms with Gasteiger partial charge < -0.3 is 10.1 Å². The molecule has 2 N–H and O–H groups in total. The van der Waals surface area contributed by atoms with Gasteiger partial charge in [-0.05, 0) is 56.2 Å². The molecule has 0 fully saturated rings. The van der Waals surface area contributed by atoms with E-state index in [0.717, 1.165) is 32.0 Å². The Morgan fingerprint density at radius 3 is 2.62 bits per heavy atom. The number of amides is 2. The minimum Gasteiger partial charge on any atom is -0.444 e. The number of nitrogens with zero attached hydrogens (tertiary/aromatic N) is 1. The lowest BCUT2D eigenvalue weighted by Crippen LogP contribution is -2.27. The van der Waals surface area contributed by atoms with E-state index in [0.29, 0.717) is 12.2 Å². The molecule has 0 aliphatic carbocycles. The average molecular weight is 407 g/mol. The van der Waals surface area contributed by atoms with Crippen LogP contribution in [0.25, 0.3) is 20.9 Å². The highest BCUT2D eigenvalue weighted by Gasteiger charge is 2.20. The van der Waals surface area contributed by atoms with E-state index in [2.05, 4.69) is 15.6 Å². The van der Waals surface area contributed by atoms with Gasteiger partial charge in [0.15, 0.2) is 0 Å². The van der Waals surface area contributed by atoms with Crippen LogP contribution in [0.4, 0.5) is 10.5 Å². The van der Waals surface area contributed by atoms with Crippen molar-refractivity contribution in [2.75, 3.05) is 5.32 Å². The van der Waals surface area contributed by atoms with Crippen LogP contribution < -0.4 is 10.6 Å². The summed E-state index contributed by atoms with van der Waals surface area (Å²) in [6.07, 6.45) is 2.83. The fourth-order valence-corrected chi connectivity index (χ4v) is 4.06. The molecule has 0 atom stereocenters. The largest absolute Gasteiger partial charge is 0.444 e. The van der Waals surface area contributed by atoms with E-state index < -0.39 is 11.7 Å². The summed E-state index contributed by atoms with van der Waals surface area (Å²) < 4.78 is 5.29. The number of hydrogen-bond acceptors (Lipinski definition) is 5. The van der Waals surface area contributed by atoms with E-state index in [4.69, 9.17) is 4.74 Å². The Morgan fingerprint density at radius 1 is 1.10 bits per heavy atom. The van der Waals surface area contributed by atoms with Gasteiger partial charge in [0.2, 0.25) is 0 Å². The minimum absolute atomic E-state index is 0.0243. The predicted molar refractivity (Wildman–Crippen MR) is 114 cm³/mol. The van der Waals surface area contributed by atoms with E-state index in [1.54, 1.807) is 23.7 Å². The normalized spacial score (nSPS) is 13.0. The lowest BCUT2D eigenvalue weighted by molar-refractivity contribution is 0.0635. The summed E-state index contributed by atoms with van der Waals surface area (Å²) in [4.78, 5) is 30.2. The van der Waals surface area contributed by atoms with Crippen LogP contribution in [0, 0.1) is 0 Å². The van der Waals surface area contributed by atoms with Crippen LogP contribution >= 0.6 is 11.3 Å². The summed E-state index contributed by atoms with van der Waals surface area (Å²) in [7, 11) is 0. The third-order valence-electron chi connectivity index (χ3n) is 4.35. The number of fused-ring (bicyclic) bond motifs is 1. The number of carbonyl (C=O) groups is 2. The zero-order valence-electron chi connectivity index (χ0n) is 16.4. The Bertz CT molecular complexity index is 1100. The summed E-state index contributed by atoms with van der Waals surface area (Å²) in [5.41, 5.74) is 3.68. The molecule has 3 heterocycles. The number of carbonyl (C=O) groups excluding carboxylic acids is 2. The van der Waals surface area contributed by atoms with Crippen LogP contribution in [0.15, 0.2) is 48.8 Å². The van der Waals surface area contributed by atoms with Crippen molar-refractivity contribution < 1.29 is 14.3 Å². The summed E-state index contributed by atoms with van der Waals surface area (Å²) in [6, 6.07) is 11.9. The van der Waals surface area contributed by atoms with Gasteiger partial charge in [0.25, 0.3) is 5.91 Å². The van der Waals surface area contributed by atoms with Crippen LogP contribution in [0.3, 0.4) is 0 Å². The highest BCUT2D eigenvalue weighted by atomic mass is 32.1. The maximum absolute atomic E-state index is 12.0. The van der Waals surface area contributed by atoms with E-state index in [-0.39, 0.29) is 5.91 Å². The molecule has 29 heavy (non-hydrogen) atoms. The van der Waals surface area contributed by atoms with E-state index in [1.165, 1.54) is 0 Å². The second kappa shape index (κ2) is 7.33. The van der Waals surface area contributed by atoms with Crippen LogP contribution in [0.5, 0.6) is 0 Å². The van der Waals surface area contributed by atoms with E-state index in [1.807, 2.05) is 57.2 Å². The van der Waals surface area contributed by atoms with Crippen LogP contribution in [0.2, 0.25) is 0 Å². The predicted octanol–water partition coefficient (Wildman–Crippen LogP) is 5.07. The number of benzene rings is 1. The molecule has 2 aromatic heterocycles. The van der Waals surface area contributed by atoms with Crippen molar-refractivity contribution in [1.82, 2.24) is 10.3 Å². The van der Waals surface area contributed by atoms with Gasteiger partial charge in [-0.25, -0.2) is 4.79 Å². The van der Waals surface area contributed by atoms with Gasteiger partial charge in [-0.3, -0.25) is 15.1 Å². The quantitative estimate of drug-likeness (QED) is 0.635. The molecule has 0 unspecified atom stereocenters. The van der Waals surface area contributed by atoms with Crippen molar-refractivity contribution in [3.05, 3.63) is 59.9 Å². The van der Waals surface area contributed by atoms with E-state index >= 15 is 0 Å². The Hall–Kier alpha value is -3.19. The van der Waals surface area contributed by atoms with Crippen molar-refractivity contribution in [3.8, 4) is 20.9 Å². The summed E-state index contributed by atoms with van der Waals surface area (Å²) >= 11 is 1.61. The second-order valence-electron chi connectivity index (χ2n) is 7.81. The molecule has 1 aliphatic rings. The molecule has 3 aromatic rings. The van der Waals surface area contributed by atoms with Crippen molar-refractivity contribution in [2.24, 2.45) is 0 Å². The van der Waals surface area contributed by atoms with Crippen LogP contribution in [-0.4, -0.2) is 22.6 Å².